The minimum atomic E-state index is -0.201. The average Bonchev–Trinajstić information content (AvgIpc) is 3.02. The van der Waals surface area contributed by atoms with Crippen LogP contribution in [0.3, 0.4) is 0 Å². The molecule has 0 aromatic heterocycles. The van der Waals surface area contributed by atoms with Crippen LogP contribution in [0.5, 0.6) is 5.75 Å². The van der Waals surface area contributed by atoms with E-state index in [0.29, 0.717) is 27.2 Å². The molecule has 5 nitrogen and oxygen atoms in total. The molecule has 0 bridgehead atoms. The van der Waals surface area contributed by atoms with E-state index in [0.717, 1.165) is 11.1 Å². The van der Waals surface area contributed by atoms with Crippen molar-refractivity contribution < 1.29 is 14.3 Å². The molecule has 2 heterocycles. The first-order chi connectivity index (χ1) is 14.2. The molecule has 0 atom stereocenters. The van der Waals surface area contributed by atoms with E-state index in [1.165, 1.54) is 34.0 Å². The molecular weight excluding hydrogens is 416 g/mol. The molecule has 7 heteroatoms. The Kier molecular flexibility index (Phi) is 5.42. The molecule has 154 valence electrons. The van der Waals surface area contributed by atoms with Crippen LogP contribution < -0.4 is 15.0 Å². The van der Waals surface area contributed by atoms with Crippen molar-refractivity contribution in [1.82, 2.24) is 5.32 Å². The highest BCUT2D eigenvalue weighted by molar-refractivity contribution is 8.26. The summed E-state index contributed by atoms with van der Waals surface area (Å²) in [5.74, 6) is 0.378. The van der Waals surface area contributed by atoms with Crippen molar-refractivity contribution in [3.05, 3.63) is 62.6 Å². The van der Waals surface area contributed by atoms with Crippen LogP contribution in [0, 0.1) is 27.7 Å². The van der Waals surface area contributed by atoms with E-state index in [4.69, 9.17) is 17.0 Å². The summed E-state index contributed by atoms with van der Waals surface area (Å²) < 4.78 is 6.11. The minimum absolute atomic E-state index is 0.0167. The molecule has 30 heavy (non-hydrogen) atoms. The number of nitrogens with one attached hydrogen (secondary N) is 1. The molecule has 2 aromatic rings. The van der Waals surface area contributed by atoms with Gasteiger partial charge in [0.25, 0.3) is 11.8 Å². The van der Waals surface area contributed by atoms with Crippen molar-refractivity contribution in [2.24, 2.45) is 0 Å². The van der Waals surface area contributed by atoms with E-state index in [-0.39, 0.29) is 18.4 Å². The number of carbonyl (C=O) groups excluding carboxylic acids is 2. The Labute approximate surface area is 185 Å². The second-order valence-electron chi connectivity index (χ2n) is 7.59. The number of fused-ring (bicyclic) bond motifs is 1. The summed E-state index contributed by atoms with van der Waals surface area (Å²) in [7, 11) is 0. The van der Waals surface area contributed by atoms with Crippen molar-refractivity contribution in [2.75, 3.05) is 11.5 Å². The number of benzene rings is 2. The predicted molar refractivity (Wildman–Crippen MR) is 125 cm³/mol. The third-order valence-electron chi connectivity index (χ3n) is 5.70. The van der Waals surface area contributed by atoms with Gasteiger partial charge in [-0.1, -0.05) is 36.1 Å². The maximum Gasteiger partial charge on any atom is 0.265 e. The van der Waals surface area contributed by atoms with Crippen molar-refractivity contribution >= 4 is 51.9 Å². The predicted octanol–water partition coefficient (Wildman–Crippen LogP) is 4.33. The standard InChI is InChI=1S/C23H22N2O3S2/c1-12-7-13(2)15(4)17(14(12)3)10-25-18-8-16(5-6-19(18)28-11-21(25)26)9-20-22(27)24-23(29)30-20/h5-9H,10-11H2,1-4H3,(H,24,27,29)/b20-9+. The number of ether oxygens (including phenoxy) is 1. The molecule has 2 aliphatic rings. The highest BCUT2D eigenvalue weighted by Gasteiger charge is 2.28. The summed E-state index contributed by atoms with van der Waals surface area (Å²) in [6.45, 7) is 8.89. The van der Waals surface area contributed by atoms with Crippen molar-refractivity contribution in [3.8, 4) is 5.75 Å². The highest BCUT2D eigenvalue weighted by atomic mass is 32.2. The first-order valence-corrected chi connectivity index (χ1v) is 10.9. The van der Waals surface area contributed by atoms with E-state index < -0.39 is 0 Å². The SMILES string of the molecule is Cc1cc(C)c(C)c(CN2C(=O)COc3ccc(/C=C4/SC(=S)NC4=O)cc32)c1C. The van der Waals surface area contributed by atoms with Gasteiger partial charge in [0, 0.05) is 0 Å². The summed E-state index contributed by atoms with van der Waals surface area (Å²) in [5, 5.41) is 2.62. The number of amides is 2. The van der Waals surface area contributed by atoms with Gasteiger partial charge in [-0.05, 0) is 79.3 Å². The monoisotopic (exact) mass is 438 g/mol. The van der Waals surface area contributed by atoms with Gasteiger partial charge in [0.2, 0.25) is 0 Å². The minimum Gasteiger partial charge on any atom is -0.482 e. The number of thioether (sulfide) groups is 1. The molecule has 1 N–H and O–H groups in total. The molecule has 0 saturated carbocycles. The van der Waals surface area contributed by atoms with Crippen LogP contribution in [0.1, 0.15) is 33.4 Å². The van der Waals surface area contributed by atoms with Crippen LogP contribution in [0.2, 0.25) is 0 Å². The van der Waals surface area contributed by atoms with Crippen molar-refractivity contribution in [2.45, 2.75) is 34.2 Å². The van der Waals surface area contributed by atoms with Crippen LogP contribution in [0.15, 0.2) is 29.2 Å². The Morgan fingerprint density at radius 3 is 2.47 bits per heavy atom. The lowest BCUT2D eigenvalue weighted by Crippen LogP contribution is -2.38. The van der Waals surface area contributed by atoms with Crippen molar-refractivity contribution in [3.63, 3.8) is 0 Å². The lowest BCUT2D eigenvalue weighted by molar-refractivity contribution is -0.121. The number of nitrogens with zero attached hydrogens (tertiary/aromatic N) is 1. The van der Waals surface area contributed by atoms with E-state index in [2.05, 4.69) is 39.1 Å². The van der Waals surface area contributed by atoms with Gasteiger partial charge in [0.1, 0.15) is 10.1 Å². The molecule has 0 unspecified atom stereocenters. The van der Waals surface area contributed by atoms with Gasteiger partial charge >= 0.3 is 0 Å². The van der Waals surface area contributed by atoms with Crippen LogP contribution in [-0.2, 0) is 16.1 Å². The fourth-order valence-corrected chi connectivity index (χ4v) is 4.79. The lowest BCUT2D eigenvalue weighted by Gasteiger charge is -2.31. The van der Waals surface area contributed by atoms with Crippen LogP contribution in [-0.4, -0.2) is 22.7 Å². The average molecular weight is 439 g/mol. The van der Waals surface area contributed by atoms with E-state index in [9.17, 15) is 9.59 Å². The Balaban J connectivity index is 1.74. The van der Waals surface area contributed by atoms with E-state index in [1.54, 1.807) is 11.0 Å². The molecule has 1 fully saturated rings. The fraction of sp³-hybridized carbons (Fsp3) is 0.261. The number of thiocarbonyl (C=S) groups is 1. The summed E-state index contributed by atoms with van der Waals surface area (Å²) in [6, 6.07) is 7.80. The lowest BCUT2D eigenvalue weighted by atomic mass is 9.93. The highest BCUT2D eigenvalue weighted by Crippen LogP contribution is 2.36. The van der Waals surface area contributed by atoms with Gasteiger partial charge in [-0.3, -0.25) is 9.59 Å². The van der Waals surface area contributed by atoms with Gasteiger partial charge in [-0.2, -0.15) is 0 Å². The van der Waals surface area contributed by atoms with Crippen LogP contribution >= 0.6 is 24.0 Å². The maximum atomic E-state index is 12.8. The number of carbonyl (C=O) groups is 2. The Bertz CT molecular complexity index is 1110. The second kappa shape index (κ2) is 7.89. The number of rotatable bonds is 3. The molecule has 0 aliphatic carbocycles. The molecular formula is C23H22N2O3S2. The van der Waals surface area contributed by atoms with Gasteiger partial charge in [0.05, 0.1) is 17.1 Å². The summed E-state index contributed by atoms with van der Waals surface area (Å²) in [4.78, 5) is 27.1. The number of hydrogen-bond acceptors (Lipinski definition) is 5. The largest absolute Gasteiger partial charge is 0.482 e. The Morgan fingerprint density at radius 1 is 1.13 bits per heavy atom. The number of hydrogen-bond donors (Lipinski definition) is 1. The van der Waals surface area contributed by atoms with E-state index >= 15 is 0 Å². The van der Waals surface area contributed by atoms with Gasteiger partial charge in [0.15, 0.2) is 6.61 Å². The zero-order chi connectivity index (χ0) is 21.6. The summed E-state index contributed by atoms with van der Waals surface area (Å²) >= 11 is 6.29. The molecule has 2 amide bonds. The quantitative estimate of drug-likeness (QED) is 0.571. The molecule has 2 aliphatic heterocycles. The van der Waals surface area contributed by atoms with Gasteiger partial charge in [-0.25, -0.2) is 0 Å². The Hall–Kier alpha value is -2.64. The second-order valence-corrected chi connectivity index (χ2v) is 9.31. The Morgan fingerprint density at radius 2 is 1.83 bits per heavy atom. The molecule has 4 rings (SSSR count). The zero-order valence-corrected chi connectivity index (χ0v) is 18.9. The number of aryl methyl sites for hydroxylation is 2. The summed E-state index contributed by atoms with van der Waals surface area (Å²) in [6.07, 6.45) is 1.78. The first-order valence-electron chi connectivity index (χ1n) is 9.63. The van der Waals surface area contributed by atoms with Crippen molar-refractivity contribution in [1.29, 1.82) is 0 Å². The summed E-state index contributed by atoms with van der Waals surface area (Å²) in [5.41, 5.74) is 7.52. The topological polar surface area (TPSA) is 58.6 Å². The first kappa shape index (κ1) is 20.6. The van der Waals surface area contributed by atoms with Gasteiger partial charge in [-0.15, -0.1) is 0 Å². The van der Waals surface area contributed by atoms with E-state index in [1.807, 2.05) is 18.2 Å². The van der Waals surface area contributed by atoms with Gasteiger partial charge < -0.3 is 15.0 Å². The maximum absolute atomic E-state index is 12.8. The smallest absolute Gasteiger partial charge is 0.265 e. The third-order valence-corrected chi connectivity index (χ3v) is 6.87. The molecule has 2 aromatic carbocycles. The van der Waals surface area contributed by atoms with Crippen LogP contribution in [0.4, 0.5) is 5.69 Å². The third kappa shape index (κ3) is 3.75. The zero-order valence-electron chi connectivity index (χ0n) is 17.3. The number of anilines is 1. The van der Waals surface area contributed by atoms with Crippen LogP contribution in [0.25, 0.3) is 6.08 Å². The molecule has 0 spiro atoms. The molecule has 1 saturated heterocycles. The molecule has 0 radical (unpaired) electrons. The normalized spacial score (nSPS) is 17.3. The fourth-order valence-electron chi connectivity index (χ4n) is 3.75.